The fourth-order valence-corrected chi connectivity index (χ4v) is 2.69. The molecule has 0 unspecified atom stereocenters. The van der Waals surface area contributed by atoms with Crippen molar-refractivity contribution in [3.63, 3.8) is 0 Å². The molecule has 1 rings (SSSR count). The molecule has 5 nitrogen and oxygen atoms in total. The number of aliphatic carboxylic acids is 1. The first-order valence-electron chi connectivity index (χ1n) is 7.41. The second-order valence-electron chi connectivity index (χ2n) is 7.14. The molecule has 0 aromatic carbocycles. The first-order valence-corrected chi connectivity index (χ1v) is 7.41. The predicted molar refractivity (Wildman–Crippen MR) is 78.5 cm³/mol. The molecule has 1 atom stereocenters. The minimum Gasteiger partial charge on any atom is -0.480 e. The highest BCUT2D eigenvalue weighted by Gasteiger charge is 2.32. The van der Waals surface area contributed by atoms with Crippen LogP contribution in [0.3, 0.4) is 0 Å². The molecule has 0 saturated carbocycles. The smallest absolute Gasteiger partial charge is 0.326 e. The van der Waals surface area contributed by atoms with Gasteiger partial charge < -0.3 is 15.3 Å². The van der Waals surface area contributed by atoms with E-state index in [2.05, 4.69) is 26.1 Å². The number of piperidine rings is 1. The van der Waals surface area contributed by atoms with Gasteiger partial charge in [0.1, 0.15) is 6.04 Å². The molecule has 0 bridgehead atoms. The van der Waals surface area contributed by atoms with Crippen LogP contribution in [-0.2, 0) is 4.79 Å². The van der Waals surface area contributed by atoms with Gasteiger partial charge in [-0.2, -0.15) is 0 Å². The number of urea groups is 1. The Kier molecular flexibility index (Phi) is 5.42. The van der Waals surface area contributed by atoms with Crippen LogP contribution >= 0.6 is 0 Å². The van der Waals surface area contributed by atoms with E-state index < -0.39 is 12.0 Å². The van der Waals surface area contributed by atoms with Gasteiger partial charge in [0.25, 0.3) is 0 Å². The van der Waals surface area contributed by atoms with Crippen LogP contribution in [0.5, 0.6) is 0 Å². The number of nitrogens with one attached hydrogen (secondary N) is 1. The lowest BCUT2D eigenvalue weighted by molar-refractivity contribution is -0.140. The highest BCUT2D eigenvalue weighted by molar-refractivity contribution is 5.82. The summed E-state index contributed by atoms with van der Waals surface area (Å²) in [6.07, 6.45) is 1.96. The van der Waals surface area contributed by atoms with E-state index in [0.29, 0.717) is 19.0 Å². The van der Waals surface area contributed by atoms with Gasteiger partial charge in [0.15, 0.2) is 0 Å². The Balaban J connectivity index is 2.53. The summed E-state index contributed by atoms with van der Waals surface area (Å²) in [5.41, 5.74) is 0.268. The average Bonchev–Trinajstić information content (AvgIpc) is 2.34. The third kappa shape index (κ3) is 4.39. The summed E-state index contributed by atoms with van der Waals surface area (Å²) in [7, 11) is 0. The summed E-state index contributed by atoms with van der Waals surface area (Å²) >= 11 is 0. The standard InChI is InChI=1S/C15H28N2O3/c1-10(2)12(13(18)19)16-14(20)17-8-6-11(7-9-17)15(3,4)5/h10-12H,6-9H2,1-5H3,(H,16,20)(H,18,19)/t12-/m1/s1. The number of nitrogens with zero attached hydrogens (tertiary/aromatic N) is 1. The molecule has 5 heteroatoms. The van der Waals surface area contributed by atoms with Crippen molar-refractivity contribution in [3.05, 3.63) is 0 Å². The van der Waals surface area contributed by atoms with Crippen LogP contribution in [0.1, 0.15) is 47.5 Å². The monoisotopic (exact) mass is 284 g/mol. The quantitative estimate of drug-likeness (QED) is 0.837. The van der Waals surface area contributed by atoms with Crippen LogP contribution in [0.2, 0.25) is 0 Å². The molecule has 20 heavy (non-hydrogen) atoms. The Hall–Kier alpha value is -1.26. The second-order valence-corrected chi connectivity index (χ2v) is 7.14. The molecule has 0 spiro atoms. The molecule has 0 aromatic rings. The Labute approximate surface area is 121 Å². The van der Waals surface area contributed by atoms with E-state index >= 15 is 0 Å². The van der Waals surface area contributed by atoms with Crippen molar-refractivity contribution < 1.29 is 14.7 Å². The minimum atomic E-state index is -0.974. The SMILES string of the molecule is CC(C)[C@@H](NC(=O)N1CCC(C(C)(C)C)CC1)C(=O)O. The van der Waals surface area contributed by atoms with E-state index in [1.165, 1.54) is 0 Å². The molecular weight excluding hydrogens is 256 g/mol. The molecule has 1 aliphatic rings. The van der Waals surface area contributed by atoms with Gasteiger partial charge in [-0.1, -0.05) is 34.6 Å². The van der Waals surface area contributed by atoms with E-state index in [1.54, 1.807) is 18.7 Å². The van der Waals surface area contributed by atoms with Crippen molar-refractivity contribution in [3.8, 4) is 0 Å². The van der Waals surface area contributed by atoms with E-state index in [0.717, 1.165) is 12.8 Å². The van der Waals surface area contributed by atoms with Crippen molar-refractivity contribution in [1.82, 2.24) is 10.2 Å². The van der Waals surface area contributed by atoms with Crippen molar-refractivity contribution in [1.29, 1.82) is 0 Å². The molecule has 2 amide bonds. The van der Waals surface area contributed by atoms with E-state index in [-0.39, 0.29) is 17.4 Å². The van der Waals surface area contributed by atoms with Crippen LogP contribution in [-0.4, -0.2) is 41.1 Å². The highest BCUT2D eigenvalue weighted by atomic mass is 16.4. The number of likely N-dealkylation sites (tertiary alicyclic amines) is 1. The van der Waals surface area contributed by atoms with Crippen molar-refractivity contribution >= 4 is 12.0 Å². The number of carbonyl (C=O) groups is 2. The van der Waals surface area contributed by atoms with Crippen LogP contribution < -0.4 is 5.32 Å². The molecular formula is C15H28N2O3. The van der Waals surface area contributed by atoms with Gasteiger partial charge in [-0.3, -0.25) is 0 Å². The predicted octanol–water partition coefficient (Wildman–Crippen LogP) is 2.56. The summed E-state index contributed by atoms with van der Waals surface area (Å²) in [5.74, 6) is -0.478. The maximum Gasteiger partial charge on any atom is 0.326 e. The van der Waals surface area contributed by atoms with Crippen molar-refractivity contribution in [2.75, 3.05) is 13.1 Å². The minimum absolute atomic E-state index is 0.122. The number of carboxylic acids is 1. The van der Waals surface area contributed by atoms with Gasteiger partial charge in [-0.05, 0) is 30.1 Å². The maximum atomic E-state index is 12.1. The Bertz CT molecular complexity index is 353. The molecule has 1 saturated heterocycles. The number of carbonyl (C=O) groups excluding carboxylic acids is 1. The van der Waals surface area contributed by atoms with Crippen LogP contribution in [0.25, 0.3) is 0 Å². The van der Waals surface area contributed by atoms with Gasteiger partial charge in [0, 0.05) is 13.1 Å². The second kappa shape index (κ2) is 6.46. The lowest BCUT2D eigenvalue weighted by Gasteiger charge is -2.39. The number of rotatable bonds is 3. The van der Waals surface area contributed by atoms with Crippen LogP contribution in [0.15, 0.2) is 0 Å². The molecule has 1 aliphatic heterocycles. The fraction of sp³-hybridized carbons (Fsp3) is 0.867. The van der Waals surface area contributed by atoms with Gasteiger partial charge in [-0.15, -0.1) is 0 Å². The van der Waals surface area contributed by atoms with Crippen LogP contribution in [0.4, 0.5) is 4.79 Å². The number of hydrogen-bond donors (Lipinski definition) is 2. The van der Waals surface area contributed by atoms with E-state index in [1.807, 2.05) is 0 Å². The summed E-state index contributed by atoms with van der Waals surface area (Å²) in [6, 6.07) is -1.07. The van der Waals surface area contributed by atoms with Crippen molar-refractivity contribution in [2.45, 2.75) is 53.5 Å². The summed E-state index contributed by atoms with van der Waals surface area (Å²) < 4.78 is 0. The largest absolute Gasteiger partial charge is 0.480 e. The highest BCUT2D eigenvalue weighted by Crippen LogP contribution is 2.34. The third-order valence-corrected chi connectivity index (χ3v) is 4.22. The zero-order chi connectivity index (χ0) is 15.5. The lowest BCUT2D eigenvalue weighted by Crippen LogP contribution is -2.52. The maximum absolute atomic E-state index is 12.1. The molecule has 1 heterocycles. The van der Waals surface area contributed by atoms with Gasteiger partial charge in [0.05, 0.1) is 0 Å². The van der Waals surface area contributed by atoms with Crippen LogP contribution in [0, 0.1) is 17.3 Å². The Morgan fingerprint density at radius 3 is 2.05 bits per heavy atom. The molecule has 2 N–H and O–H groups in total. The zero-order valence-electron chi connectivity index (χ0n) is 13.3. The molecule has 0 radical (unpaired) electrons. The summed E-state index contributed by atoms with van der Waals surface area (Å²) in [6.45, 7) is 11.7. The normalized spacial score (nSPS) is 19.0. The first kappa shape index (κ1) is 16.8. The van der Waals surface area contributed by atoms with Gasteiger partial charge in [0.2, 0.25) is 0 Å². The van der Waals surface area contributed by atoms with Gasteiger partial charge >= 0.3 is 12.0 Å². The summed E-state index contributed by atoms with van der Waals surface area (Å²) in [4.78, 5) is 25.0. The number of carboxylic acid groups (broad SMARTS) is 1. The fourth-order valence-electron chi connectivity index (χ4n) is 2.69. The molecule has 1 fully saturated rings. The molecule has 0 aliphatic carbocycles. The summed E-state index contributed by atoms with van der Waals surface area (Å²) in [5, 5.41) is 11.7. The van der Waals surface area contributed by atoms with E-state index in [9.17, 15) is 9.59 Å². The number of hydrogen-bond acceptors (Lipinski definition) is 2. The third-order valence-electron chi connectivity index (χ3n) is 4.22. The van der Waals surface area contributed by atoms with E-state index in [4.69, 9.17) is 5.11 Å². The molecule has 116 valence electrons. The lowest BCUT2D eigenvalue weighted by atomic mass is 9.75. The van der Waals surface area contributed by atoms with Gasteiger partial charge in [-0.25, -0.2) is 9.59 Å². The Morgan fingerprint density at radius 1 is 1.20 bits per heavy atom. The molecule has 0 aromatic heterocycles. The first-order chi connectivity index (χ1) is 9.12. The topological polar surface area (TPSA) is 69.6 Å². The van der Waals surface area contributed by atoms with Crippen molar-refractivity contribution in [2.24, 2.45) is 17.3 Å². The Morgan fingerprint density at radius 2 is 1.70 bits per heavy atom. The average molecular weight is 284 g/mol. The number of amides is 2. The zero-order valence-corrected chi connectivity index (χ0v) is 13.3.